The molecule has 0 unspecified atom stereocenters. The van der Waals surface area contributed by atoms with E-state index in [4.69, 9.17) is 11.5 Å². The number of aliphatic hydroxyl groups is 1. The first-order chi connectivity index (χ1) is 27.0. The zero-order valence-electron chi connectivity index (χ0n) is 31.5. The largest absolute Gasteiger partial charge is 0.394 e. The Morgan fingerprint density at radius 2 is 1.50 bits per heavy atom. The van der Waals surface area contributed by atoms with Crippen molar-refractivity contribution in [3.8, 4) is 0 Å². The van der Waals surface area contributed by atoms with Crippen molar-refractivity contribution < 1.29 is 33.9 Å². The van der Waals surface area contributed by atoms with E-state index >= 15 is 4.79 Å². The van der Waals surface area contributed by atoms with Crippen LogP contribution in [-0.2, 0) is 41.7 Å². The summed E-state index contributed by atoms with van der Waals surface area (Å²) < 4.78 is 0. The van der Waals surface area contributed by atoms with Gasteiger partial charge in [0, 0.05) is 38.5 Å². The average Bonchev–Trinajstić information content (AvgIpc) is 3.60. The highest BCUT2D eigenvalue weighted by atomic mass is 16.3. The molecule has 2 aromatic carbocycles. The summed E-state index contributed by atoms with van der Waals surface area (Å²) in [6.45, 7) is -0.387. The van der Waals surface area contributed by atoms with Crippen molar-refractivity contribution in [2.75, 3.05) is 19.7 Å². The van der Waals surface area contributed by atoms with E-state index in [1.807, 2.05) is 24.3 Å². The molecule has 0 radical (unpaired) electrons. The van der Waals surface area contributed by atoms with Crippen LogP contribution in [0, 0.1) is 5.92 Å². The van der Waals surface area contributed by atoms with Crippen molar-refractivity contribution in [2.45, 2.75) is 107 Å². The zero-order chi connectivity index (χ0) is 39.8. The van der Waals surface area contributed by atoms with Crippen LogP contribution in [0.3, 0.4) is 0 Å². The average molecular weight is 772 g/mol. The number of nitrogens with one attached hydrogen (secondary N) is 4. The summed E-state index contributed by atoms with van der Waals surface area (Å²) >= 11 is 0. The molecule has 1 saturated carbocycles. The van der Waals surface area contributed by atoms with E-state index in [9.17, 15) is 29.1 Å². The van der Waals surface area contributed by atoms with Crippen molar-refractivity contribution in [1.82, 2.24) is 31.1 Å². The van der Waals surface area contributed by atoms with Crippen LogP contribution in [0.25, 0.3) is 0 Å². The SMILES string of the molecule is NC(N)=NCCC[C@@H]1NC(=O)[C@@H]2C[C@@H]3CCCC[C@@H]3N2C(=O)[C@H]2Cc3ccccc3CN2C(=O)[C@H](CO)NC(=O)[C@H](c2ccccc2)NC(=O)CCCNC1=O. The highest BCUT2D eigenvalue weighted by molar-refractivity contribution is 5.97. The van der Waals surface area contributed by atoms with Crippen LogP contribution in [0.15, 0.2) is 59.6 Å². The lowest BCUT2D eigenvalue weighted by molar-refractivity contribution is -0.153. The second-order valence-corrected chi connectivity index (χ2v) is 15.1. The van der Waals surface area contributed by atoms with Gasteiger partial charge in [0.15, 0.2) is 5.96 Å². The Morgan fingerprint density at radius 1 is 0.786 bits per heavy atom. The monoisotopic (exact) mass is 771 g/mol. The van der Waals surface area contributed by atoms with E-state index in [1.54, 1.807) is 35.2 Å². The summed E-state index contributed by atoms with van der Waals surface area (Å²) in [5, 5.41) is 21.7. The normalized spacial score (nSPS) is 28.0. The van der Waals surface area contributed by atoms with Crippen LogP contribution in [0.4, 0.5) is 0 Å². The molecule has 16 nitrogen and oxygen atoms in total. The summed E-state index contributed by atoms with van der Waals surface area (Å²) in [6.07, 6.45) is 4.71. The Labute approximate surface area is 326 Å². The van der Waals surface area contributed by atoms with Crippen LogP contribution in [0.1, 0.15) is 80.5 Å². The molecule has 0 spiro atoms. The zero-order valence-corrected chi connectivity index (χ0v) is 31.5. The van der Waals surface area contributed by atoms with Gasteiger partial charge in [-0.3, -0.25) is 33.8 Å². The lowest BCUT2D eigenvalue weighted by atomic mass is 9.84. The van der Waals surface area contributed by atoms with Crippen molar-refractivity contribution in [2.24, 2.45) is 22.4 Å². The number of nitrogens with zero attached hydrogens (tertiary/aromatic N) is 3. The topological polar surface area (TPSA) is 242 Å². The molecule has 6 rings (SSSR count). The fourth-order valence-electron chi connectivity index (χ4n) is 8.60. The number of amides is 6. The molecular weight excluding hydrogens is 718 g/mol. The second-order valence-electron chi connectivity index (χ2n) is 15.1. The molecule has 3 aliphatic heterocycles. The molecule has 0 aromatic heterocycles. The van der Waals surface area contributed by atoms with Gasteiger partial charge in [-0.2, -0.15) is 0 Å². The Kier molecular flexibility index (Phi) is 13.2. The van der Waals surface area contributed by atoms with Gasteiger partial charge in [-0.25, -0.2) is 0 Å². The number of fused-ring (bicyclic) bond motifs is 5. The molecule has 0 bridgehead atoms. The van der Waals surface area contributed by atoms with Crippen molar-refractivity contribution in [3.05, 3.63) is 71.3 Å². The van der Waals surface area contributed by atoms with Crippen LogP contribution in [0.5, 0.6) is 0 Å². The first-order valence-electron chi connectivity index (χ1n) is 19.6. The van der Waals surface area contributed by atoms with Crippen LogP contribution in [-0.4, -0.2) is 106 Å². The molecule has 9 N–H and O–H groups in total. The molecule has 3 heterocycles. The smallest absolute Gasteiger partial charge is 0.248 e. The van der Waals surface area contributed by atoms with E-state index in [0.29, 0.717) is 24.8 Å². The number of carbonyl (C=O) groups is 6. The van der Waals surface area contributed by atoms with Gasteiger partial charge in [0.1, 0.15) is 30.2 Å². The molecule has 56 heavy (non-hydrogen) atoms. The molecule has 4 aliphatic rings. The maximum absolute atomic E-state index is 15.1. The summed E-state index contributed by atoms with van der Waals surface area (Å²) in [5.41, 5.74) is 13.2. The first kappa shape index (κ1) is 40.2. The number of nitrogens with two attached hydrogens (primary N) is 2. The predicted molar refractivity (Wildman–Crippen MR) is 206 cm³/mol. The molecular formula is C40H53N9O7. The predicted octanol–water partition coefficient (Wildman–Crippen LogP) is -0.117. The van der Waals surface area contributed by atoms with Crippen molar-refractivity contribution in [3.63, 3.8) is 0 Å². The minimum atomic E-state index is -1.44. The Bertz CT molecular complexity index is 1800. The molecule has 16 heteroatoms. The van der Waals surface area contributed by atoms with E-state index in [2.05, 4.69) is 26.3 Å². The highest BCUT2D eigenvalue weighted by Crippen LogP contribution is 2.41. The van der Waals surface area contributed by atoms with Gasteiger partial charge in [0.2, 0.25) is 35.4 Å². The van der Waals surface area contributed by atoms with E-state index in [1.165, 1.54) is 4.90 Å². The third-order valence-electron chi connectivity index (χ3n) is 11.4. The van der Waals surface area contributed by atoms with Gasteiger partial charge in [-0.15, -0.1) is 0 Å². The van der Waals surface area contributed by atoms with Crippen LogP contribution >= 0.6 is 0 Å². The summed E-state index contributed by atoms with van der Waals surface area (Å²) in [6, 6.07) is 10.2. The van der Waals surface area contributed by atoms with Gasteiger partial charge in [0.05, 0.1) is 6.61 Å². The molecule has 2 saturated heterocycles. The van der Waals surface area contributed by atoms with E-state index in [-0.39, 0.29) is 63.2 Å². The molecule has 1 aliphatic carbocycles. The number of guanidine groups is 1. The number of rotatable bonds is 6. The molecule has 2 aromatic rings. The third kappa shape index (κ3) is 9.29. The summed E-state index contributed by atoms with van der Waals surface area (Å²) in [5.74, 6) is -3.22. The highest BCUT2D eigenvalue weighted by Gasteiger charge is 2.51. The van der Waals surface area contributed by atoms with Gasteiger partial charge >= 0.3 is 0 Å². The fraction of sp³-hybridized carbons (Fsp3) is 0.525. The Morgan fingerprint density at radius 3 is 2.25 bits per heavy atom. The van der Waals surface area contributed by atoms with Gasteiger partial charge in [0.25, 0.3) is 0 Å². The van der Waals surface area contributed by atoms with Crippen molar-refractivity contribution >= 4 is 41.4 Å². The lowest BCUT2D eigenvalue weighted by Crippen LogP contribution is -2.62. The standard InChI is InChI=1S/C40H53N9O7/c41-40(42)44-19-8-15-28-35(52)43-18-9-17-33(51)47-34(24-10-2-1-3-11-24)37(54)46-29(23-50)38(55)48-22-27-14-5-4-12-25(27)20-32(48)39(56)49-30-16-7-6-13-26(30)21-31(49)36(53)45-28/h1-5,10-12,14,26,28-32,34,50H,6-9,13,15-23H2,(H,43,52)(H,45,53)(H,46,54)(H,47,51)(H4,41,42,44)/t26-,28-,29-,30-,31-,32+,34-/m0/s1. The molecule has 300 valence electrons. The number of aliphatic hydroxyl groups excluding tert-OH is 1. The minimum absolute atomic E-state index is 0.0352. The first-order valence-corrected chi connectivity index (χ1v) is 19.6. The quantitative estimate of drug-likeness (QED) is 0.118. The fourth-order valence-corrected chi connectivity index (χ4v) is 8.60. The molecule has 7 atom stereocenters. The number of benzene rings is 2. The maximum Gasteiger partial charge on any atom is 0.248 e. The Balaban J connectivity index is 1.37. The number of hydrogen-bond acceptors (Lipinski definition) is 8. The number of hydrogen-bond donors (Lipinski definition) is 7. The summed E-state index contributed by atoms with van der Waals surface area (Å²) in [4.78, 5) is 91.8. The van der Waals surface area contributed by atoms with Gasteiger partial charge in [-0.1, -0.05) is 67.4 Å². The third-order valence-corrected chi connectivity index (χ3v) is 11.4. The van der Waals surface area contributed by atoms with E-state index < -0.39 is 72.3 Å². The minimum Gasteiger partial charge on any atom is -0.394 e. The Hall–Kier alpha value is -5.51. The van der Waals surface area contributed by atoms with Crippen LogP contribution < -0.4 is 32.7 Å². The second kappa shape index (κ2) is 18.4. The van der Waals surface area contributed by atoms with Gasteiger partial charge in [-0.05, 0) is 61.1 Å². The van der Waals surface area contributed by atoms with Crippen molar-refractivity contribution in [1.29, 1.82) is 0 Å². The van der Waals surface area contributed by atoms with Crippen LogP contribution in [0.2, 0.25) is 0 Å². The van der Waals surface area contributed by atoms with Gasteiger partial charge < -0.3 is 47.6 Å². The summed E-state index contributed by atoms with van der Waals surface area (Å²) in [7, 11) is 0. The maximum atomic E-state index is 15.1. The number of aliphatic imine (C=N–C) groups is 1. The number of carbonyl (C=O) groups excluding carboxylic acids is 6. The molecule has 6 amide bonds. The molecule has 3 fully saturated rings. The lowest BCUT2D eigenvalue weighted by Gasteiger charge is -2.42. The van der Waals surface area contributed by atoms with E-state index in [0.717, 1.165) is 30.4 Å².